The van der Waals surface area contributed by atoms with E-state index in [1.54, 1.807) is 0 Å². The van der Waals surface area contributed by atoms with E-state index in [-0.39, 0.29) is 0 Å². The molecule has 0 radical (unpaired) electrons. The molecule has 2 aliphatic rings. The lowest BCUT2D eigenvalue weighted by Gasteiger charge is -2.19. The first-order valence-electron chi connectivity index (χ1n) is 6.98. The zero-order valence-electron chi connectivity index (χ0n) is 11.1. The van der Waals surface area contributed by atoms with Crippen molar-refractivity contribution in [3.63, 3.8) is 0 Å². The Hall–Kier alpha value is -1.77. The van der Waals surface area contributed by atoms with Crippen LogP contribution >= 0.6 is 0 Å². The molecule has 0 atom stereocenters. The average molecular weight is 255 g/mol. The molecule has 2 heterocycles. The van der Waals surface area contributed by atoms with Crippen LogP contribution < -0.4 is 0 Å². The van der Waals surface area contributed by atoms with Crippen LogP contribution in [0, 0.1) is 6.92 Å². The van der Waals surface area contributed by atoms with Gasteiger partial charge in [0, 0.05) is 17.6 Å². The molecule has 0 amide bonds. The fraction of sp³-hybridized carbons (Fsp3) is 0.438. The Morgan fingerprint density at radius 3 is 2.79 bits per heavy atom. The standard InChI is InChI=1S/C16H17NO2/c1-10-7-12-9-13(16(4-5-16)15(18)19)8-11-3-2-6-17(10)14(11)12/h7-9H,2-6H2,1H3,(H,18,19). The van der Waals surface area contributed by atoms with Crippen molar-refractivity contribution in [1.29, 1.82) is 0 Å². The average Bonchev–Trinajstić information content (AvgIpc) is 3.13. The predicted molar refractivity (Wildman–Crippen MR) is 73.5 cm³/mol. The third-order valence-electron chi connectivity index (χ3n) is 4.82. The summed E-state index contributed by atoms with van der Waals surface area (Å²) in [5, 5.41) is 10.7. The molecule has 0 unspecified atom stereocenters. The number of aliphatic carboxylic acids is 1. The maximum Gasteiger partial charge on any atom is 0.314 e. The molecule has 4 rings (SSSR count). The van der Waals surface area contributed by atoms with Crippen LogP contribution in [0.2, 0.25) is 0 Å². The predicted octanol–water partition coefficient (Wildman–Crippen LogP) is 3.01. The minimum Gasteiger partial charge on any atom is -0.481 e. The van der Waals surface area contributed by atoms with Gasteiger partial charge in [0.1, 0.15) is 0 Å². The topological polar surface area (TPSA) is 42.2 Å². The summed E-state index contributed by atoms with van der Waals surface area (Å²) in [4.78, 5) is 11.5. The molecule has 1 aliphatic heterocycles. The molecule has 3 heteroatoms. The molecule has 19 heavy (non-hydrogen) atoms. The van der Waals surface area contributed by atoms with Gasteiger partial charge in [-0.25, -0.2) is 0 Å². The van der Waals surface area contributed by atoms with Crippen molar-refractivity contribution in [3.05, 3.63) is 35.0 Å². The molecule has 0 spiro atoms. The van der Waals surface area contributed by atoms with Gasteiger partial charge in [0.15, 0.2) is 0 Å². The van der Waals surface area contributed by atoms with Crippen molar-refractivity contribution in [2.24, 2.45) is 0 Å². The molecule has 1 aromatic heterocycles. The van der Waals surface area contributed by atoms with Gasteiger partial charge in [-0.1, -0.05) is 6.07 Å². The summed E-state index contributed by atoms with van der Waals surface area (Å²) >= 11 is 0. The summed E-state index contributed by atoms with van der Waals surface area (Å²) in [5.41, 5.74) is 4.38. The number of hydrogen-bond donors (Lipinski definition) is 1. The van der Waals surface area contributed by atoms with Crippen LogP contribution in [0.3, 0.4) is 0 Å². The molecular formula is C16H17NO2. The third-order valence-corrected chi connectivity index (χ3v) is 4.82. The van der Waals surface area contributed by atoms with Gasteiger partial charge in [-0.15, -0.1) is 0 Å². The molecule has 3 nitrogen and oxygen atoms in total. The van der Waals surface area contributed by atoms with E-state index in [0.717, 1.165) is 37.8 Å². The van der Waals surface area contributed by atoms with Gasteiger partial charge in [0.2, 0.25) is 0 Å². The van der Waals surface area contributed by atoms with Gasteiger partial charge < -0.3 is 9.67 Å². The SMILES string of the molecule is Cc1cc2cc(C3(C(=O)O)CC3)cc3c2n1CCC3. The van der Waals surface area contributed by atoms with Gasteiger partial charge >= 0.3 is 5.97 Å². The molecule has 2 aromatic rings. The van der Waals surface area contributed by atoms with Crippen LogP contribution in [0.5, 0.6) is 0 Å². The maximum atomic E-state index is 11.5. The van der Waals surface area contributed by atoms with E-state index >= 15 is 0 Å². The number of benzene rings is 1. The summed E-state index contributed by atoms with van der Waals surface area (Å²) in [6.07, 6.45) is 3.80. The molecule has 1 N–H and O–H groups in total. The number of carboxylic acid groups (broad SMARTS) is 1. The molecule has 1 aromatic carbocycles. The number of carbonyl (C=O) groups is 1. The van der Waals surface area contributed by atoms with Gasteiger partial charge in [-0.2, -0.15) is 0 Å². The van der Waals surface area contributed by atoms with Crippen molar-refractivity contribution in [3.8, 4) is 0 Å². The van der Waals surface area contributed by atoms with E-state index in [0.29, 0.717) is 0 Å². The summed E-state index contributed by atoms with van der Waals surface area (Å²) in [6, 6.07) is 6.46. The van der Waals surface area contributed by atoms with Crippen LogP contribution in [0.25, 0.3) is 10.9 Å². The van der Waals surface area contributed by atoms with Crippen LogP contribution in [-0.4, -0.2) is 15.6 Å². The monoisotopic (exact) mass is 255 g/mol. The summed E-state index contributed by atoms with van der Waals surface area (Å²) in [6.45, 7) is 3.23. The number of aryl methyl sites for hydroxylation is 3. The van der Waals surface area contributed by atoms with E-state index in [1.165, 1.54) is 22.2 Å². The second kappa shape index (κ2) is 3.41. The quantitative estimate of drug-likeness (QED) is 0.896. The maximum absolute atomic E-state index is 11.5. The van der Waals surface area contributed by atoms with Gasteiger partial charge in [-0.05, 0) is 55.9 Å². The fourth-order valence-electron chi connectivity index (χ4n) is 3.57. The van der Waals surface area contributed by atoms with Crippen LogP contribution in [0.4, 0.5) is 0 Å². The fourth-order valence-corrected chi connectivity index (χ4v) is 3.57. The first-order chi connectivity index (χ1) is 9.12. The number of aromatic nitrogens is 1. The highest BCUT2D eigenvalue weighted by molar-refractivity contribution is 5.90. The second-order valence-electron chi connectivity index (χ2n) is 6.00. The first kappa shape index (κ1) is 11.1. The number of hydrogen-bond acceptors (Lipinski definition) is 1. The number of nitrogens with zero attached hydrogens (tertiary/aromatic N) is 1. The molecule has 1 fully saturated rings. The van der Waals surface area contributed by atoms with Crippen molar-refractivity contribution >= 4 is 16.9 Å². The van der Waals surface area contributed by atoms with Crippen molar-refractivity contribution < 1.29 is 9.90 Å². The zero-order valence-corrected chi connectivity index (χ0v) is 11.1. The molecule has 1 aliphatic carbocycles. The van der Waals surface area contributed by atoms with Gasteiger partial charge in [-0.3, -0.25) is 4.79 Å². The lowest BCUT2D eigenvalue weighted by atomic mass is 9.91. The smallest absolute Gasteiger partial charge is 0.314 e. The Morgan fingerprint density at radius 1 is 1.32 bits per heavy atom. The van der Waals surface area contributed by atoms with Crippen molar-refractivity contribution in [1.82, 2.24) is 4.57 Å². The Balaban J connectivity index is 1.99. The van der Waals surface area contributed by atoms with Crippen LogP contribution in [0.1, 0.15) is 36.1 Å². The van der Waals surface area contributed by atoms with Gasteiger partial charge in [0.25, 0.3) is 0 Å². The highest BCUT2D eigenvalue weighted by Crippen LogP contribution is 2.49. The number of carboxylic acids is 1. The minimum absolute atomic E-state index is 0.585. The lowest BCUT2D eigenvalue weighted by Crippen LogP contribution is -2.20. The summed E-state index contributed by atoms with van der Waals surface area (Å²) in [5.74, 6) is -0.661. The van der Waals surface area contributed by atoms with E-state index in [1.807, 2.05) is 0 Å². The van der Waals surface area contributed by atoms with Crippen LogP contribution in [-0.2, 0) is 23.2 Å². The van der Waals surface area contributed by atoms with E-state index in [2.05, 4.69) is 29.7 Å². The van der Waals surface area contributed by atoms with E-state index in [9.17, 15) is 9.90 Å². The Morgan fingerprint density at radius 2 is 2.11 bits per heavy atom. The van der Waals surface area contributed by atoms with Crippen LogP contribution in [0.15, 0.2) is 18.2 Å². The molecule has 98 valence electrons. The number of rotatable bonds is 2. The zero-order chi connectivity index (χ0) is 13.2. The minimum atomic E-state index is -0.661. The van der Waals surface area contributed by atoms with E-state index in [4.69, 9.17) is 0 Å². The Kier molecular flexibility index (Phi) is 1.99. The first-order valence-corrected chi connectivity index (χ1v) is 6.98. The highest BCUT2D eigenvalue weighted by Gasteiger charge is 2.52. The molecule has 1 saturated carbocycles. The summed E-state index contributed by atoms with van der Waals surface area (Å²) in [7, 11) is 0. The molecule has 0 bridgehead atoms. The largest absolute Gasteiger partial charge is 0.481 e. The lowest BCUT2D eigenvalue weighted by molar-refractivity contribution is -0.140. The molecule has 0 saturated heterocycles. The Bertz CT molecular complexity index is 707. The van der Waals surface area contributed by atoms with Crippen molar-refractivity contribution in [2.75, 3.05) is 0 Å². The van der Waals surface area contributed by atoms with E-state index < -0.39 is 11.4 Å². The summed E-state index contributed by atoms with van der Waals surface area (Å²) < 4.78 is 2.37. The second-order valence-corrected chi connectivity index (χ2v) is 6.00. The molecular weight excluding hydrogens is 238 g/mol. The third kappa shape index (κ3) is 1.36. The van der Waals surface area contributed by atoms with Crippen molar-refractivity contribution in [2.45, 2.75) is 44.6 Å². The normalized spacial score (nSPS) is 19.6. The Labute approximate surface area is 111 Å². The van der Waals surface area contributed by atoms with Gasteiger partial charge in [0.05, 0.1) is 10.9 Å². The highest BCUT2D eigenvalue weighted by atomic mass is 16.4.